The molecule has 104 valence electrons. The fourth-order valence-electron chi connectivity index (χ4n) is 1.92. The molecule has 0 saturated heterocycles. The summed E-state index contributed by atoms with van der Waals surface area (Å²) in [7, 11) is 1.80. The first-order valence-corrected chi connectivity index (χ1v) is 6.71. The van der Waals surface area contributed by atoms with Gasteiger partial charge in [-0.1, -0.05) is 13.0 Å². The van der Waals surface area contributed by atoms with Gasteiger partial charge in [0.2, 0.25) is 0 Å². The van der Waals surface area contributed by atoms with Gasteiger partial charge in [0.05, 0.1) is 18.2 Å². The van der Waals surface area contributed by atoms with Gasteiger partial charge in [0, 0.05) is 19.6 Å². The van der Waals surface area contributed by atoms with Crippen LogP contribution in [0, 0.1) is 17.1 Å². The van der Waals surface area contributed by atoms with Crippen molar-refractivity contribution >= 4 is 5.69 Å². The molecule has 0 aliphatic heterocycles. The zero-order valence-electron chi connectivity index (χ0n) is 11.9. The van der Waals surface area contributed by atoms with E-state index in [4.69, 9.17) is 5.26 Å². The lowest BCUT2D eigenvalue weighted by atomic mass is 10.1. The van der Waals surface area contributed by atoms with Gasteiger partial charge in [0.15, 0.2) is 0 Å². The number of rotatable bonds is 7. The quantitative estimate of drug-likeness (QED) is 0.821. The van der Waals surface area contributed by atoms with Crippen LogP contribution in [0.4, 0.5) is 10.1 Å². The van der Waals surface area contributed by atoms with Crippen LogP contribution in [0.25, 0.3) is 0 Å². The summed E-state index contributed by atoms with van der Waals surface area (Å²) in [4.78, 5) is 1.77. The summed E-state index contributed by atoms with van der Waals surface area (Å²) < 4.78 is 14.1. The Bertz CT molecular complexity index is 440. The number of nitrogens with zero attached hydrogens (tertiary/aromatic N) is 2. The number of hydrogen-bond donors (Lipinski definition) is 1. The molecule has 0 radical (unpaired) electrons. The van der Waals surface area contributed by atoms with Gasteiger partial charge in [-0.2, -0.15) is 5.26 Å². The number of anilines is 1. The molecule has 0 bridgehead atoms. The predicted molar refractivity (Wildman–Crippen MR) is 76.6 cm³/mol. The van der Waals surface area contributed by atoms with E-state index in [0.29, 0.717) is 18.7 Å². The summed E-state index contributed by atoms with van der Waals surface area (Å²) in [6.07, 6.45) is 1.45. The van der Waals surface area contributed by atoms with Crippen molar-refractivity contribution in [2.45, 2.75) is 32.7 Å². The maximum atomic E-state index is 14.1. The molecule has 0 spiro atoms. The Morgan fingerprint density at radius 3 is 2.79 bits per heavy atom. The van der Waals surface area contributed by atoms with Crippen LogP contribution in [0.5, 0.6) is 0 Å². The zero-order chi connectivity index (χ0) is 14.3. The standard InChI is InChI=1S/C15H22FN3/c1-4-9-18-12(2)13-6-7-15(14(16)11-13)19(3)10-5-8-17/h6-7,11-12,18H,4-5,9-10H2,1-3H3. The first-order chi connectivity index (χ1) is 9.10. The number of hydrogen-bond acceptors (Lipinski definition) is 3. The first kappa shape index (κ1) is 15.5. The van der Waals surface area contributed by atoms with Gasteiger partial charge >= 0.3 is 0 Å². The van der Waals surface area contributed by atoms with E-state index in [9.17, 15) is 4.39 Å². The lowest BCUT2D eigenvalue weighted by Crippen LogP contribution is -2.21. The summed E-state index contributed by atoms with van der Waals surface area (Å²) in [5.41, 5.74) is 1.49. The minimum atomic E-state index is -0.233. The summed E-state index contributed by atoms with van der Waals surface area (Å²) in [5, 5.41) is 11.9. The lowest BCUT2D eigenvalue weighted by Gasteiger charge is -2.20. The number of halogens is 1. The molecule has 1 N–H and O–H groups in total. The highest BCUT2D eigenvalue weighted by atomic mass is 19.1. The van der Waals surface area contributed by atoms with Crippen molar-refractivity contribution in [2.24, 2.45) is 0 Å². The maximum absolute atomic E-state index is 14.1. The molecule has 1 unspecified atom stereocenters. The van der Waals surface area contributed by atoms with Gasteiger partial charge < -0.3 is 10.2 Å². The van der Waals surface area contributed by atoms with E-state index >= 15 is 0 Å². The topological polar surface area (TPSA) is 39.1 Å². The predicted octanol–water partition coefficient (Wildman–Crippen LogP) is 3.24. The number of benzene rings is 1. The van der Waals surface area contributed by atoms with Crippen LogP contribution in [0.3, 0.4) is 0 Å². The van der Waals surface area contributed by atoms with Crippen LogP contribution < -0.4 is 10.2 Å². The third-order valence-electron chi connectivity index (χ3n) is 3.14. The van der Waals surface area contributed by atoms with Crippen LogP contribution in [0.1, 0.15) is 38.3 Å². The summed E-state index contributed by atoms with van der Waals surface area (Å²) >= 11 is 0. The Labute approximate surface area is 115 Å². The molecule has 0 amide bonds. The second-order valence-corrected chi connectivity index (χ2v) is 4.72. The monoisotopic (exact) mass is 263 g/mol. The second kappa shape index (κ2) is 7.75. The number of nitrogens with one attached hydrogen (secondary N) is 1. The average Bonchev–Trinajstić information content (AvgIpc) is 2.41. The Balaban J connectivity index is 2.76. The highest BCUT2D eigenvalue weighted by Crippen LogP contribution is 2.22. The SMILES string of the molecule is CCCNC(C)c1ccc(N(C)CCC#N)c(F)c1. The first-order valence-electron chi connectivity index (χ1n) is 6.71. The van der Waals surface area contributed by atoms with E-state index in [1.54, 1.807) is 24.1 Å². The highest BCUT2D eigenvalue weighted by molar-refractivity contribution is 5.49. The molecule has 1 rings (SSSR count). The Morgan fingerprint density at radius 2 is 2.21 bits per heavy atom. The maximum Gasteiger partial charge on any atom is 0.146 e. The van der Waals surface area contributed by atoms with Crippen molar-refractivity contribution in [1.29, 1.82) is 5.26 Å². The molecule has 0 saturated carbocycles. The molecule has 0 aliphatic carbocycles. The smallest absolute Gasteiger partial charge is 0.146 e. The zero-order valence-corrected chi connectivity index (χ0v) is 11.9. The van der Waals surface area contributed by atoms with Crippen LogP contribution in [-0.2, 0) is 0 Å². The van der Waals surface area contributed by atoms with Gasteiger partial charge in [-0.05, 0) is 37.6 Å². The van der Waals surface area contributed by atoms with Gasteiger partial charge in [0.1, 0.15) is 5.82 Å². The minimum absolute atomic E-state index is 0.146. The third-order valence-corrected chi connectivity index (χ3v) is 3.14. The van der Waals surface area contributed by atoms with Crippen molar-refractivity contribution in [3.05, 3.63) is 29.6 Å². The lowest BCUT2D eigenvalue weighted by molar-refractivity contribution is 0.561. The van der Waals surface area contributed by atoms with E-state index in [2.05, 4.69) is 18.3 Å². The van der Waals surface area contributed by atoms with E-state index in [-0.39, 0.29) is 11.9 Å². The molecule has 1 atom stereocenters. The van der Waals surface area contributed by atoms with Crippen molar-refractivity contribution < 1.29 is 4.39 Å². The molecule has 1 aromatic carbocycles. The van der Waals surface area contributed by atoms with Gasteiger partial charge in [-0.15, -0.1) is 0 Å². The highest BCUT2D eigenvalue weighted by Gasteiger charge is 2.11. The van der Waals surface area contributed by atoms with E-state index in [1.807, 2.05) is 13.0 Å². The minimum Gasteiger partial charge on any atom is -0.371 e. The molecule has 0 aromatic heterocycles. The Morgan fingerprint density at radius 1 is 1.47 bits per heavy atom. The molecule has 0 fully saturated rings. The largest absolute Gasteiger partial charge is 0.371 e. The fraction of sp³-hybridized carbons (Fsp3) is 0.533. The molecule has 3 nitrogen and oxygen atoms in total. The Kier molecular flexibility index (Phi) is 6.31. The van der Waals surface area contributed by atoms with Crippen molar-refractivity contribution in [1.82, 2.24) is 5.32 Å². The summed E-state index contributed by atoms with van der Waals surface area (Å²) in [5.74, 6) is -0.233. The molecular weight excluding hydrogens is 241 g/mol. The van der Waals surface area contributed by atoms with Crippen molar-refractivity contribution in [3.8, 4) is 6.07 Å². The third kappa shape index (κ3) is 4.53. The van der Waals surface area contributed by atoms with Gasteiger partial charge in [0.25, 0.3) is 0 Å². The van der Waals surface area contributed by atoms with Crippen LogP contribution in [0.2, 0.25) is 0 Å². The Hall–Kier alpha value is -1.60. The van der Waals surface area contributed by atoms with Gasteiger partial charge in [-0.25, -0.2) is 4.39 Å². The molecule has 4 heteroatoms. The second-order valence-electron chi connectivity index (χ2n) is 4.72. The van der Waals surface area contributed by atoms with E-state index in [1.165, 1.54) is 0 Å². The average molecular weight is 263 g/mol. The molecular formula is C15H22FN3. The normalized spacial score (nSPS) is 11.9. The molecule has 0 aliphatic rings. The fourth-order valence-corrected chi connectivity index (χ4v) is 1.92. The van der Waals surface area contributed by atoms with E-state index in [0.717, 1.165) is 18.5 Å². The molecule has 0 heterocycles. The van der Waals surface area contributed by atoms with Crippen LogP contribution in [-0.4, -0.2) is 20.1 Å². The van der Waals surface area contributed by atoms with Gasteiger partial charge in [-0.3, -0.25) is 0 Å². The van der Waals surface area contributed by atoms with Crippen molar-refractivity contribution in [2.75, 3.05) is 25.0 Å². The van der Waals surface area contributed by atoms with E-state index < -0.39 is 0 Å². The van der Waals surface area contributed by atoms with Crippen molar-refractivity contribution in [3.63, 3.8) is 0 Å². The van der Waals surface area contributed by atoms with Crippen LogP contribution >= 0.6 is 0 Å². The molecule has 19 heavy (non-hydrogen) atoms. The summed E-state index contributed by atoms with van der Waals surface area (Å²) in [6.45, 7) is 5.60. The molecule has 1 aromatic rings. The summed E-state index contributed by atoms with van der Waals surface area (Å²) in [6, 6.07) is 7.51. The van der Waals surface area contributed by atoms with Crippen LogP contribution in [0.15, 0.2) is 18.2 Å². The number of nitriles is 1.